The van der Waals surface area contributed by atoms with Gasteiger partial charge in [0.15, 0.2) is 0 Å². The molecule has 0 spiro atoms. The maximum Gasteiger partial charge on any atom is 0.250 e. The highest BCUT2D eigenvalue weighted by molar-refractivity contribution is 4.85. The van der Waals surface area contributed by atoms with Crippen LogP contribution in [0.25, 0.3) is 0 Å². The van der Waals surface area contributed by atoms with Gasteiger partial charge in [-0.25, -0.2) is 8.78 Å². The Morgan fingerprint density at radius 2 is 2.00 bits per heavy atom. The molecule has 0 radical (unpaired) electrons. The van der Waals surface area contributed by atoms with E-state index in [1.54, 1.807) is 0 Å². The molecule has 18 heavy (non-hydrogen) atoms. The zero-order chi connectivity index (χ0) is 13.5. The molecule has 2 unspecified atom stereocenters. The first-order valence-electron chi connectivity index (χ1n) is 7.28. The van der Waals surface area contributed by atoms with E-state index in [9.17, 15) is 8.78 Å². The zero-order valence-corrected chi connectivity index (χ0v) is 12.0. The summed E-state index contributed by atoms with van der Waals surface area (Å²) in [5.41, 5.74) is 0. The normalized spacial score (nSPS) is 26.2. The van der Waals surface area contributed by atoms with Crippen molar-refractivity contribution in [3.8, 4) is 0 Å². The minimum atomic E-state index is -2.24. The molecule has 1 fully saturated rings. The summed E-state index contributed by atoms with van der Waals surface area (Å²) in [4.78, 5) is 2.42. The third-order valence-corrected chi connectivity index (χ3v) is 3.82. The lowest BCUT2D eigenvalue weighted by atomic mass is 9.89. The number of unbranched alkanes of at least 4 members (excludes halogenated alkanes) is 1. The topological polar surface area (TPSA) is 15.3 Å². The van der Waals surface area contributed by atoms with Crippen molar-refractivity contribution in [2.45, 2.75) is 65.0 Å². The standard InChI is InChI=1S/C14H28F2N2/c1-4-5-6-12-7-13(17-8-14(15)16)10-18(9-12)11(2)3/h11-14,17H,4-10H2,1-3H3. The highest BCUT2D eigenvalue weighted by Crippen LogP contribution is 2.23. The number of rotatable bonds is 7. The molecule has 1 N–H and O–H groups in total. The van der Waals surface area contributed by atoms with E-state index in [2.05, 4.69) is 31.0 Å². The fourth-order valence-electron chi connectivity index (χ4n) is 2.77. The molecule has 0 aromatic carbocycles. The third-order valence-electron chi connectivity index (χ3n) is 3.82. The van der Waals surface area contributed by atoms with Crippen molar-refractivity contribution < 1.29 is 8.78 Å². The molecule has 2 nitrogen and oxygen atoms in total. The van der Waals surface area contributed by atoms with Gasteiger partial charge in [-0.1, -0.05) is 19.8 Å². The molecule has 0 amide bonds. The Labute approximate surface area is 110 Å². The molecule has 0 bridgehead atoms. The molecule has 1 aliphatic heterocycles. The van der Waals surface area contributed by atoms with Crippen LogP contribution >= 0.6 is 0 Å². The van der Waals surface area contributed by atoms with Gasteiger partial charge in [-0.2, -0.15) is 0 Å². The summed E-state index contributed by atoms with van der Waals surface area (Å²) in [5.74, 6) is 0.663. The predicted octanol–water partition coefficient (Wildman–Crippen LogP) is 3.13. The number of halogens is 2. The van der Waals surface area contributed by atoms with E-state index in [0.29, 0.717) is 12.0 Å². The van der Waals surface area contributed by atoms with E-state index in [1.165, 1.54) is 19.3 Å². The van der Waals surface area contributed by atoms with E-state index >= 15 is 0 Å². The molecule has 4 heteroatoms. The first kappa shape index (κ1) is 15.8. The van der Waals surface area contributed by atoms with E-state index in [0.717, 1.165) is 19.5 Å². The van der Waals surface area contributed by atoms with Gasteiger partial charge in [-0.05, 0) is 32.6 Å². The van der Waals surface area contributed by atoms with Crippen molar-refractivity contribution in [1.82, 2.24) is 10.2 Å². The second kappa shape index (κ2) is 8.05. The highest BCUT2D eigenvalue weighted by atomic mass is 19.3. The Morgan fingerprint density at radius 1 is 1.28 bits per heavy atom. The zero-order valence-electron chi connectivity index (χ0n) is 12.0. The minimum Gasteiger partial charge on any atom is -0.307 e. The lowest BCUT2D eigenvalue weighted by Crippen LogP contribution is -2.52. The Kier molecular flexibility index (Phi) is 7.08. The van der Waals surface area contributed by atoms with E-state index in [-0.39, 0.29) is 12.6 Å². The Hall–Kier alpha value is -0.220. The van der Waals surface area contributed by atoms with Crippen molar-refractivity contribution in [3.63, 3.8) is 0 Å². The molecule has 0 aromatic rings. The van der Waals surface area contributed by atoms with Crippen molar-refractivity contribution in [2.24, 2.45) is 5.92 Å². The number of hydrogen-bond acceptors (Lipinski definition) is 2. The third kappa shape index (κ3) is 5.61. The lowest BCUT2D eigenvalue weighted by molar-refractivity contribution is 0.0893. The molecular formula is C14H28F2N2. The van der Waals surface area contributed by atoms with Crippen LogP contribution in [0.3, 0.4) is 0 Å². The van der Waals surface area contributed by atoms with Crippen LogP contribution in [0.15, 0.2) is 0 Å². The number of alkyl halides is 2. The van der Waals surface area contributed by atoms with Gasteiger partial charge in [0.1, 0.15) is 0 Å². The van der Waals surface area contributed by atoms with Gasteiger partial charge in [0.05, 0.1) is 6.54 Å². The molecule has 1 rings (SSSR count). The fraction of sp³-hybridized carbons (Fsp3) is 1.00. The molecule has 2 atom stereocenters. The van der Waals surface area contributed by atoms with Crippen LogP contribution in [-0.2, 0) is 0 Å². The van der Waals surface area contributed by atoms with E-state index in [4.69, 9.17) is 0 Å². The van der Waals surface area contributed by atoms with Gasteiger partial charge in [-0.15, -0.1) is 0 Å². The smallest absolute Gasteiger partial charge is 0.250 e. The number of hydrogen-bond donors (Lipinski definition) is 1. The van der Waals surface area contributed by atoms with Crippen LogP contribution in [0.1, 0.15) is 46.5 Å². The maximum absolute atomic E-state index is 12.3. The quantitative estimate of drug-likeness (QED) is 0.758. The maximum atomic E-state index is 12.3. The average Bonchev–Trinajstić information content (AvgIpc) is 2.33. The van der Waals surface area contributed by atoms with Gasteiger partial charge < -0.3 is 5.32 Å². The summed E-state index contributed by atoms with van der Waals surface area (Å²) in [6, 6.07) is 0.738. The average molecular weight is 262 g/mol. The Balaban J connectivity index is 2.45. The molecule has 1 aliphatic rings. The fourth-order valence-corrected chi connectivity index (χ4v) is 2.77. The summed E-state index contributed by atoms with van der Waals surface area (Å²) in [6.45, 7) is 8.45. The Bertz CT molecular complexity index is 222. The van der Waals surface area contributed by atoms with Crippen LogP contribution < -0.4 is 5.32 Å². The highest BCUT2D eigenvalue weighted by Gasteiger charge is 2.28. The summed E-state index contributed by atoms with van der Waals surface area (Å²) in [6.07, 6.45) is 2.50. The van der Waals surface area contributed by atoms with Crippen molar-refractivity contribution in [2.75, 3.05) is 19.6 Å². The largest absolute Gasteiger partial charge is 0.307 e. The van der Waals surface area contributed by atoms with Gasteiger partial charge in [0.25, 0.3) is 6.43 Å². The van der Waals surface area contributed by atoms with E-state index in [1.807, 2.05) is 0 Å². The van der Waals surface area contributed by atoms with Crippen LogP contribution in [0.2, 0.25) is 0 Å². The molecule has 1 saturated heterocycles. The Morgan fingerprint density at radius 3 is 2.56 bits per heavy atom. The van der Waals surface area contributed by atoms with E-state index < -0.39 is 6.43 Å². The molecule has 0 saturated carbocycles. The molecule has 1 heterocycles. The van der Waals surface area contributed by atoms with Crippen LogP contribution in [0, 0.1) is 5.92 Å². The summed E-state index contributed by atoms with van der Waals surface area (Å²) >= 11 is 0. The van der Waals surface area contributed by atoms with Gasteiger partial charge in [0.2, 0.25) is 0 Å². The second-order valence-electron chi connectivity index (χ2n) is 5.79. The van der Waals surface area contributed by atoms with Crippen LogP contribution in [0.4, 0.5) is 8.78 Å². The van der Waals surface area contributed by atoms with Crippen molar-refractivity contribution in [1.29, 1.82) is 0 Å². The molecule has 0 aromatic heterocycles. The lowest BCUT2D eigenvalue weighted by Gasteiger charge is -2.40. The van der Waals surface area contributed by atoms with Crippen molar-refractivity contribution in [3.05, 3.63) is 0 Å². The number of nitrogens with zero attached hydrogens (tertiary/aromatic N) is 1. The van der Waals surface area contributed by atoms with Gasteiger partial charge >= 0.3 is 0 Å². The predicted molar refractivity (Wildman–Crippen MR) is 72.1 cm³/mol. The number of piperidine rings is 1. The van der Waals surface area contributed by atoms with Crippen LogP contribution in [-0.4, -0.2) is 43.0 Å². The number of likely N-dealkylation sites (tertiary alicyclic amines) is 1. The summed E-state index contributed by atoms with van der Waals surface area (Å²) < 4.78 is 24.5. The van der Waals surface area contributed by atoms with Crippen LogP contribution in [0.5, 0.6) is 0 Å². The SMILES string of the molecule is CCCCC1CC(NCC(F)F)CN(C(C)C)C1. The monoisotopic (exact) mass is 262 g/mol. The second-order valence-corrected chi connectivity index (χ2v) is 5.79. The first-order chi connectivity index (χ1) is 8.52. The molecule has 0 aliphatic carbocycles. The molecule has 108 valence electrons. The number of nitrogens with one attached hydrogen (secondary N) is 1. The molecular weight excluding hydrogens is 234 g/mol. The van der Waals surface area contributed by atoms with Gasteiger partial charge in [0, 0.05) is 25.2 Å². The van der Waals surface area contributed by atoms with Crippen molar-refractivity contribution >= 4 is 0 Å². The minimum absolute atomic E-state index is 0.170. The first-order valence-corrected chi connectivity index (χ1v) is 7.28. The summed E-state index contributed by atoms with van der Waals surface area (Å²) in [5, 5.41) is 3.02. The summed E-state index contributed by atoms with van der Waals surface area (Å²) in [7, 11) is 0. The van der Waals surface area contributed by atoms with Gasteiger partial charge in [-0.3, -0.25) is 4.90 Å².